The number of likely N-dealkylation sites (N-methyl/N-ethyl adjacent to an activating group) is 1. The molecule has 1 aliphatic carbocycles. The van der Waals surface area contributed by atoms with Crippen LogP contribution in [0, 0.1) is 0 Å². The van der Waals surface area contributed by atoms with Crippen LogP contribution in [-0.4, -0.2) is 59.1 Å². The van der Waals surface area contributed by atoms with E-state index >= 15 is 0 Å². The van der Waals surface area contributed by atoms with Gasteiger partial charge in [-0.15, -0.1) is 0 Å². The van der Waals surface area contributed by atoms with Crippen molar-refractivity contribution in [2.75, 3.05) is 20.1 Å². The number of carbonyl (C=O) groups is 1. The van der Waals surface area contributed by atoms with Crippen LogP contribution in [0.2, 0.25) is 0 Å². The number of hydrogen-bond donors (Lipinski definition) is 1. The minimum Gasteiger partial charge on any atom is -0.481 e. The number of carboxylic acid groups (broad SMARTS) is 1. The van der Waals surface area contributed by atoms with Crippen LogP contribution in [0.4, 0.5) is 0 Å². The summed E-state index contributed by atoms with van der Waals surface area (Å²) < 4.78 is 0. The van der Waals surface area contributed by atoms with Gasteiger partial charge in [-0.05, 0) is 33.2 Å². The summed E-state index contributed by atoms with van der Waals surface area (Å²) in [5, 5.41) is 8.88. The Hall–Kier alpha value is -0.610. The van der Waals surface area contributed by atoms with E-state index < -0.39 is 5.97 Å². The van der Waals surface area contributed by atoms with Gasteiger partial charge >= 0.3 is 5.97 Å². The zero-order chi connectivity index (χ0) is 13.8. The molecule has 2 rings (SSSR count). The lowest BCUT2D eigenvalue weighted by molar-refractivity contribution is -0.137. The maximum Gasteiger partial charge on any atom is 0.303 e. The molecular weight excluding hydrogens is 240 g/mol. The number of nitrogens with zero attached hydrogens (tertiary/aromatic N) is 2. The van der Waals surface area contributed by atoms with E-state index in [4.69, 9.17) is 5.11 Å². The highest BCUT2D eigenvalue weighted by atomic mass is 16.4. The van der Waals surface area contributed by atoms with Crippen LogP contribution in [0.5, 0.6) is 0 Å². The Bertz CT molecular complexity index is 303. The van der Waals surface area contributed by atoms with Crippen LogP contribution >= 0.6 is 0 Å². The molecule has 0 radical (unpaired) electrons. The summed E-state index contributed by atoms with van der Waals surface area (Å²) in [6, 6.07) is 1.69. The summed E-state index contributed by atoms with van der Waals surface area (Å²) in [7, 11) is 2.15. The Morgan fingerprint density at radius 2 is 1.89 bits per heavy atom. The second-order valence-corrected chi connectivity index (χ2v) is 6.35. The summed E-state index contributed by atoms with van der Waals surface area (Å²) in [4.78, 5) is 15.8. The molecule has 0 amide bonds. The summed E-state index contributed by atoms with van der Waals surface area (Å²) in [5.74, 6) is -0.671. The zero-order valence-electron chi connectivity index (χ0n) is 12.3. The van der Waals surface area contributed by atoms with E-state index in [2.05, 4.69) is 23.8 Å². The summed E-state index contributed by atoms with van der Waals surface area (Å²) in [6.07, 6.45) is 7.86. The second-order valence-electron chi connectivity index (χ2n) is 6.35. The molecule has 1 aliphatic heterocycles. The molecule has 19 heavy (non-hydrogen) atoms. The van der Waals surface area contributed by atoms with Gasteiger partial charge in [0.05, 0.1) is 0 Å². The molecule has 4 heteroatoms. The van der Waals surface area contributed by atoms with Gasteiger partial charge in [-0.2, -0.15) is 0 Å². The van der Waals surface area contributed by atoms with Crippen molar-refractivity contribution in [2.45, 2.75) is 70.0 Å². The number of rotatable bonds is 4. The molecule has 0 aromatic heterocycles. The molecule has 1 saturated heterocycles. The highest BCUT2D eigenvalue weighted by Crippen LogP contribution is 2.27. The number of hydrogen-bond acceptors (Lipinski definition) is 3. The average molecular weight is 268 g/mol. The first-order valence-corrected chi connectivity index (χ1v) is 7.75. The number of carboxylic acids is 1. The summed E-state index contributed by atoms with van der Waals surface area (Å²) >= 11 is 0. The van der Waals surface area contributed by atoms with Gasteiger partial charge in [0, 0.05) is 37.6 Å². The highest BCUT2D eigenvalue weighted by molar-refractivity contribution is 5.66. The van der Waals surface area contributed by atoms with Crippen molar-refractivity contribution in [1.82, 2.24) is 9.80 Å². The lowest BCUT2D eigenvalue weighted by Crippen LogP contribution is -2.58. The van der Waals surface area contributed by atoms with Gasteiger partial charge < -0.3 is 5.11 Å². The molecule has 0 aromatic rings. The molecule has 2 unspecified atom stereocenters. The van der Waals surface area contributed by atoms with E-state index in [-0.39, 0.29) is 0 Å². The quantitative estimate of drug-likeness (QED) is 0.849. The molecule has 2 fully saturated rings. The van der Waals surface area contributed by atoms with Gasteiger partial charge in [0.15, 0.2) is 0 Å². The molecule has 1 heterocycles. The topological polar surface area (TPSA) is 43.8 Å². The molecule has 0 spiro atoms. The molecule has 2 atom stereocenters. The predicted octanol–water partition coefficient (Wildman–Crippen LogP) is 2.19. The fourth-order valence-electron chi connectivity index (χ4n) is 3.63. The lowest BCUT2D eigenvalue weighted by Gasteiger charge is -2.47. The molecule has 2 aliphatic rings. The number of piperazine rings is 1. The van der Waals surface area contributed by atoms with Crippen molar-refractivity contribution in [2.24, 2.45) is 0 Å². The van der Waals surface area contributed by atoms with Crippen LogP contribution in [0.3, 0.4) is 0 Å². The van der Waals surface area contributed by atoms with Gasteiger partial charge in [0.2, 0.25) is 0 Å². The standard InChI is InChI=1S/C15H28N2O2/c1-12-10-17(13-6-4-3-5-7-13)11-14(16(12)2)8-9-15(18)19/h12-14H,3-11H2,1-2H3,(H,18,19). The third kappa shape index (κ3) is 3.93. The normalized spacial score (nSPS) is 31.5. The van der Waals surface area contributed by atoms with E-state index in [1.165, 1.54) is 32.1 Å². The average Bonchev–Trinajstić information content (AvgIpc) is 2.41. The van der Waals surface area contributed by atoms with Gasteiger partial charge in [0.1, 0.15) is 0 Å². The third-order valence-corrected chi connectivity index (χ3v) is 5.00. The maximum atomic E-state index is 10.8. The highest BCUT2D eigenvalue weighted by Gasteiger charge is 2.33. The number of aliphatic carboxylic acids is 1. The summed E-state index contributed by atoms with van der Waals surface area (Å²) in [5.41, 5.74) is 0. The van der Waals surface area contributed by atoms with Crippen molar-refractivity contribution in [3.63, 3.8) is 0 Å². The SMILES string of the molecule is CC1CN(C2CCCCC2)CC(CCC(=O)O)N1C. The van der Waals surface area contributed by atoms with E-state index in [0.29, 0.717) is 18.5 Å². The first-order chi connectivity index (χ1) is 9.08. The van der Waals surface area contributed by atoms with Crippen LogP contribution in [0.25, 0.3) is 0 Å². The van der Waals surface area contributed by atoms with Crippen LogP contribution < -0.4 is 0 Å². The van der Waals surface area contributed by atoms with Crippen molar-refractivity contribution in [3.8, 4) is 0 Å². The van der Waals surface area contributed by atoms with Crippen molar-refractivity contribution in [1.29, 1.82) is 0 Å². The lowest BCUT2D eigenvalue weighted by atomic mass is 9.92. The minimum atomic E-state index is -0.671. The summed E-state index contributed by atoms with van der Waals surface area (Å²) in [6.45, 7) is 4.46. The largest absolute Gasteiger partial charge is 0.481 e. The first kappa shape index (κ1) is 14.8. The monoisotopic (exact) mass is 268 g/mol. The molecule has 0 bridgehead atoms. The van der Waals surface area contributed by atoms with Crippen LogP contribution in [-0.2, 0) is 4.79 Å². The van der Waals surface area contributed by atoms with Crippen molar-refractivity contribution in [3.05, 3.63) is 0 Å². The first-order valence-electron chi connectivity index (χ1n) is 7.75. The van der Waals surface area contributed by atoms with Gasteiger partial charge in [-0.3, -0.25) is 14.6 Å². The van der Waals surface area contributed by atoms with Gasteiger partial charge in [-0.25, -0.2) is 0 Å². The predicted molar refractivity (Wildman–Crippen MR) is 76.3 cm³/mol. The van der Waals surface area contributed by atoms with Gasteiger partial charge in [-0.1, -0.05) is 19.3 Å². The molecule has 1 N–H and O–H groups in total. The zero-order valence-corrected chi connectivity index (χ0v) is 12.3. The van der Waals surface area contributed by atoms with Crippen LogP contribution in [0.15, 0.2) is 0 Å². The fraction of sp³-hybridized carbons (Fsp3) is 0.933. The molecular formula is C15H28N2O2. The van der Waals surface area contributed by atoms with E-state index in [1.807, 2.05) is 0 Å². The molecule has 1 saturated carbocycles. The molecule has 0 aromatic carbocycles. The van der Waals surface area contributed by atoms with Crippen molar-refractivity contribution < 1.29 is 9.90 Å². The van der Waals surface area contributed by atoms with E-state index in [9.17, 15) is 4.79 Å². The fourth-order valence-corrected chi connectivity index (χ4v) is 3.63. The van der Waals surface area contributed by atoms with Gasteiger partial charge in [0.25, 0.3) is 0 Å². The van der Waals surface area contributed by atoms with E-state index in [1.54, 1.807) is 0 Å². The Morgan fingerprint density at radius 3 is 2.53 bits per heavy atom. The van der Waals surface area contributed by atoms with Crippen LogP contribution in [0.1, 0.15) is 51.9 Å². The molecule has 4 nitrogen and oxygen atoms in total. The second kappa shape index (κ2) is 6.71. The Balaban J connectivity index is 1.92. The Kier molecular flexibility index (Phi) is 5.22. The maximum absolute atomic E-state index is 10.8. The Morgan fingerprint density at radius 1 is 1.21 bits per heavy atom. The smallest absolute Gasteiger partial charge is 0.303 e. The molecule has 110 valence electrons. The Labute approximate surface area is 116 Å². The van der Waals surface area contributed by atoms with E-state index in [0.717, 1.165) is 25.6 Å². The minimum absolute atomic E-state index is 0.292. The third-order valence-electron chi connectivity index (χ3n) is 5.00. The van der Waals surface area contributed by atoms with Crippen molar-refractivity contribution >= 4 is 5.97 Å².